The monoisotopic (exact) mass is 471 g/mol. The van der Waals surface area contributed by atoms with E-state index < -0.39 is 92.2 Å². The Hall–Kier alpha value is -1.79. The lowest BCUT2D eigenvalue weighted by Gasteiger charge is -2.48. The summed E-state index contributed by atoms with van der Waals surface area (Å²) in [6.07, 6.45) is -17.5. The van der Waals surface area contributed by atoms with Gasteiger partial charge >= 0.3 is 5.97 Å². The largest absolute Gasteiger partial charge is 0.477 e. The van der Waals surface area contributed by atoms with Crippen LogP contribution in [0.15, 0.2) is 0 Å². The van der Waals surface area contributed by atoms with Crippen LogP contribution in [0, 0.1) is 0 Å². The number of aliphatic hydroxyl groups excluding tert-OH is 8. The molecule has 10 atom stereocenters. The topological polar surface area (TPSA) is 264 Å². The van der Waals surface area contributed by atoms with Crippen molar-refractivity contribution in [3.05, 3.63) is 0 Å². The Morgan fingerprint density at radius 1 is 1.16 bits per heavy atom. The molecule has 1 amide bonds. The summed E-state index contributed by atoms with van der Waals surface area (Å²) in [5.41, 5.74) is 0. The summed E-state index contributed by atoms with van der Waals surface area (Å²) >= 11 is 0. The minimum Gasteiger partial charge on any atom is -0.477 e. The quantitative estimate of drug-likeness (QED) is 0.119. The molecule has 0 aromatic rings. The van der Waals surface area contributed by atoms with E-state index in [-0.39, 0.29) is 6.29 Å². The van der Waals surface area contributed by atoms with Gasteiger partial charge in [-0.15, -0.1) is 0 Å². The van der Waals surface area contributed by atoms with Crippen molar-refractivity contribution in [3.63, 3.8) is 0 Å². The van der Waals surface area contributed by atoms with E-state index in [1.807, 2.05) is 0 Å². The van der Waals surface area contributed by atoms with Crippen molar-refractivity contribution >= 4 is 18.2 Å². The van der Waals surface area contributed by atoms with Crippen molar-refractivity contribution in [2.24, 2.45) is 0 Å². The number of ether oxygens (including phenoxy) is 2. The van der Waals surface area contributed by atoms with Gasteiger partial charge in [0.2, 0.25) is 5.91 Å². The maximum Gasteiger partial charge on any atom is 0.364 e. The lowest BCUT2D eigenvalue weighted by molar-refractivity contribution is -0.336. The van der Waals surface area contributed by atoms with Crippen molar-refractivity contribution in [3.8, 4) is 0 Å². The highest BCUT2D eigenvalue weighted by atomic mass is 16.7. The normalized spacial score (nSPS) is 31.6. The van der Waals surface area contributed by atoms with Gasteiger partial charge in [-0.2, -0.15) is 0 Å². The van der Waals surface area contributed by atoms with E-state index in [1.165, 1.54) is 0 Å². The molecule has 0 aliphatic carbocycles. The summed E-state index contributed by atoms with van der Waals surface area (Å²) in [6, 6.07) is -1.50. The Kier molecular flexibility index (Phi) is 10.5. The average molecular weight is 471 g/mol. The number of carbonyl (C=O) groups is 3. The molecule has 0 aromatic carbocycles. The Bertz CT molecular complexity index is 649. The van der Waals surface area contributed by atoms with Gasteiger partial charge in [-0.25, -0.2) is 4.79 Å². The van der Waals surface area contributed by atoms with Gasteiger partial charge in [-0.3, -0.25) is 4.79 Å². The van der Waals surface area contributed by atoms with Gasteiger partial charge in [-0.05, 0) is 0 Å². The zero-order valence-electron chi connectivity index (χ0n) is 17.0. The molecule has 1 rings (SSSR count). The molecule has 0 bridgehead atoms. The summed E-state index contributed by atoms with van der Waals surface area (Å²) in [6.45, 7) is -1.04. The minimum absolute atomic E-state index is 0.158. The Balaban J connectivity index is 3.43. The summed E-state index contributed by atoms with van der Waals surface area (Å²) < 4.78 is 10.4. The molecule has 0 spiro atoms. The first-order valence-corrected chi connectivity index (χ1v) is 9.46. The first-order chi connectivity index (χ1) is 14.8. The van der Waals surface area contributed by atoms with Crippen LogP contribution in [0.1, 0.15) is 13.3 Å². The maximum atomic E-state index is 12.1. The first-order valence-electron chi connectivity index (χ1n) is 9.46. The molecule has 1 unspecified atom stereocenters. The third-order valence-electron chi connectivity index (χ3n) is 4.91. The zero-order chi connectivity index (χ0) is 24.8. The molecule has 1 aliphatic heterocycles. The first kappa shape index (κ1) is 28.2. The van der Waals surface area contributed by atoms with Gasteiger partial charge in [0.05, 0.1) is 25.4 Å². The molecule has 186 valence electrons. The van der Waals surface area contributed by atoms with E-state index >= 15 is 0 Å². The molecule has 10 N–H and O–H groups in total. The van der Waals surface area contributed by atoms with Crippen molar-refractivity contribution in [2.75, 3.05) is 13.2 Å². The van der Waals surface area contributed by atoms with Crippen molar-refractivity contribution in [1.82, 2.24) is 5.32 Å². The third kappa shape index (κ3) is 6.38. The molecule has 15 heteroatoms. The van der Waals surface area contributed by atoms with Crippen LogP contribution in [0.5, 0.6) is 0 Å². The number of carbonyl (C=O) groups excluding carboxylic acids is 2. The van der Waals surface area contributed by atoms with Crippen LogP contribution in [-0.2, 0) is 23.9 Å². The fraction of sp³-hybridized carbons (Fsp3) is 0.824. The maximum absolute atomic E-state index is 12.1. The second-order valence-corrected chi connectivity index (χ2v) is 7.33. The molecule has 1 aliphatic rings. The predicted octanol–water partition coefficient (Wildman–Crippen LogP) is -6.20. The van der Waals surface area contributed by atoms with Crippen molar-refractivity contribution in [2.45, 2.75) is 74.0 Å². The Morgan fingerprint density at radius 2 is 1.72 bits per heavy atom. The summed E-state index contributed by atoms with van der Waals surface area (Å²) in [7, 11) is 0. The Labute approximate surface area is 181 Å². The number of aliphatic hydroxyl groups is 8. The molecule has 0 saturated carbocycles. The number of hydrogen-bond donors (Lipinski definition) is 10. The highest BCUT2D eigenvalue weighted by Crippen LogP contribution is 2.35. The molecule has 1 heterocycles. The minimum atomic E-state index is -2.99. The molecule has 32 heavy (non-hydrogen) atoms. The smallest absolute Gasteiger partial charge is 0.364 e. The fourth-order valence-corrected chi connectivity index (χ4v) is 3.21. The van der Waals surface area contributed by atoms with Crippen LogP contribution in [0.25, 0.3) is 0 Å². The zero-order valence-corrected chi connectivity index (χ0v) is 17.0. The van der Waals surface area contributed by atoms with Crippen LogP contribution in [-0.4, -0.2) is 138 Å². The highest BCUT2D eigenvalue weighted by molar-refractivity contribution is 5.76. The van der Waals surface area contributed by atoms with Crippen LogP contribution >= 0.6 is 0 Å². The molecular weight excluding hydrogens is 442 g/mol. The third-order valence-corrected chi connectivity index (χ3v) is 4.91. The SMILES string of the molecule is CC(=O)N[C@H]1[C@H]([C@H](O)[C@H](O)CO)OC(O[C@@H]([C@@H](O)[C@H](O)CO)[C@@H](O)C=O)(C(=O)O)C[C@@H]1O. The number of nitrogens with one attached hydrogen (secondary N) is 1. The molecule has 0 aromatic heterocycles. The van der Waals surface area contributed by atoms with E-state index in [4.69, 9.17) is 19.7 Å². The van der Waals surface area contributed by atoms with Crippen LogP contribution in [0.3, 0.4) is 0 Å². The van der Waals surface area contributed by atoms with E-state index in [0.717, 1.165) is 6.92 Å². The average Bonchev–Trinajstić information content (AvgIpc) is 2.75. The number of amides is 1. The van der Waals surface area contributed by atoms with E-state index in [2.05, 4.69) is 5.32 Å². The van der Waals surface area contributed by atoms with Gasteiger partial charge in [0.1, 0.15) is 42.7 Å². The number of carboxylic acids is 1. The van der Waals surface area contributed by atoms with Gasteiger partial charge < -0.3 is 65.5 Å². The standard InChI is InChI=1S/C17H29NO14/c1-6(22)18-11-7(23)2-17(16(29)30,32-15(11)13(28)9(25)4-20)31-14(10(26)5-21)12(27)8(24)3-19/h5,7-15,19-20,23-28H,2-4H2,1H3,(H,18,22)(H,29,30)/t7-,8+,9+,10-,11+,12-,13+,14+,15+,17?/m0/s1. The summed E-state index contributed by atoms with van der Waals surface area (Å²) in [5, 5.41) is 90.2. The molecule has 1 fully saturated rings. The second-order valence-electron chi connectivity index (χ2n) is 7.33. The van der Waals surface area contributed by atoms with Crippen LogP contribution < -0.4 is 5.32 Å². The summed E-state index contributed by atoms with van der Waals surface area (Å²) in [5.74, 6) is -5.69. The van der Waals surface area contributed by atoms with Crippen LogP contribution in [0.2, 0.25) is 0 Å². The molecular formula is C17H29NO14. The van der Waals surface area contributed by atoms with E-state index in [9.17, 15) is 50.1 Å². The van der Waals surface area contributed by atoms with Gasteiger partial charge in [-0.1, -0.05) is 0 Å². The number of carboxylic acid groups (broad SMARTS) is 1. The van der Waals surface area contributed by atoms with Crippen molar-refractivity contribution < 1.29 is 69.8 Å². The van der Waals surface area contributed by atoms with E-state index in [1.54, 1.807) is 0 Å². The number of rotatable bonds is 12. The molecule has 0 radical (unpaired) electrons. The second kappa shape index (κ2) is 11.9. The Morgan fingerprint density at radius 3 is 2.16 bits per heavy atom. The predicted molar refractivity (Wildman–Crippen MR) is 98.6 cm³/mol. The number of aliphatic carboxylic acids is 1. The van der Waals surface area contributed by atoms with Gasteiger partial charge in [0.25, 0.3) is 5.79 Å². The van der Waals surface area contributed by atoms with Crippen LogP contribution in [0.4, 0.5) is 0 Å². The number of hydrogen-bond acceptors (Lipinski definition) is 13. The lowest BCUT2D eigenvalue weighted by Crippen LogP contribution is -2.69. The van der Waals surface area contributed by atoms with Gasteiger partial charge in [0.15, 0.2) is 6.29 Å². The van der Waals surface area contributed by atoms with E-state index in [0.29, 0.717) is 0 Å². The van der Waals surface area contributed by atoms with Gasteiger partial charge in [0, 0.05) is 13.3 Å². The lowest BCUT2D eigenvalue weighted by atomic mass is 9.88. The molecule has 15 nitrogen and oxygen atoms in total. The summed E-state index contributed by atoms with van der Waals surface area (Å²) in [4.78, 5) is 34.6. The molecule has 1 saturated heterocycles. The fourth-order valence-electron chi connectivity index (χ4n) is 3.21. The van der Waals surface area contributed by atoms with Crippen molar-refractivity contribution in [1.29, 1.82) is 0 Å². The highest BCUT2D eigenvalue weighted by Gasteiger charge is 2.57. The number of aldehydes is 1.